The van der Waals surface area contributed by atoms with Gasteiger partial charge in [0, 0.05) is 43.8 Å². The van der Waals surface area contributed by atoms with E-state index in [1.807, 2.05) is 36.9 Å². The van der Waals surface area contributed by atoms with Crippen molar-refractivity contribution >= 4 is 5.91 Å². The standard InChI is InChI=1S/C34H45N3O2/c1-6-35(7-2)34(38)30-20-18-29(19-21-30)33(31-16-11-17-32(23-31)39-5)37-25-26(3)36(24-27(37)4)22-12-15-28-13-9-8-10-14-28/h8-11,13-14,16-21,23,26-27,33H,6-7,12,15,22,24-25H2,1-5H3/t26-,27+,33-/m1/s1. The van der Waals surface area contributed by atoms with Crippen molar-refractivity contribution in [3.8, 4) is 5.75 Å². The van der Waals surface area contributed by atoms with Gasteiger partial charge in [-0.1, -0.05) is 54.6 Å². The summed E-state index contributed by atoms with van der Waals surface area (Å²) in [5.74, 6) is 0.960. The Morgan fingerprint density at radius 3 is 2.28 bits per heavy atom. The van der Waals surface area contributed by atoms with E-state index in [4.69, 9.17) is 4.74 Å². The molecule has 1 saturated heterocycles. The first kappa shape index (κ1) is 28.8. The van der Waals surface area contributed by atoms with Crippen molar-refractivity contribution in [1.82, 2.24) is 14.7 Å². The van der Waals surface area contributed by atoms with E-state index in [0.29, 0.717) is 25.2 Å². The summed E-state index contributed by atoms with van der Waals surface area (Å²) in [7, 11) is 1.72. The third-order valence-corrected chi connectivity index (χ3v) is 8.18. The summed E-state index contributed by atoms with van der Waals surface area (Å²) in [6, 6.07) is 28.4. The van der Waals surface area contributed by atoms with E-state index < -0.39 is 0 Å². The summed E-state index contributed by atoms with van der Waals surface area (Å²) in [6.45, 7) is 13.3. The second kappa shape index (κ2) is 13.8. The molecular formula is C34H45N3O2. The number of amides is 1. The van der Waals surface area contributed by atoms with Crippen LogP contribution in [0.1, 0.15) is 67.2 Å². The highest BCUT2D eigenvalue weighted by atomic mass is 16.5. The number of carbonyl (C=O) groups excluding carboxylic acids is 1. The van der Waals surface area contributed by atoms with Crippen molar-refractivity contribution < 1.29 is 9.53 Å². The summed E-state index contributed by atoms with van der Waals surface area (Å²) in [4.78, 5) is 20.1. The number of methoxy groups -OCH3 is 1. The molecule has 0 radical (unpaired) electrons. The molecule has 208 valence electrons. The maximum atomic E-state index is 12.9. The molecule has 1 aliphatic heterocycles. The second-order valence-electron chi connectivity index (χ2n) is 10.8. The zero-order valence-electron chi connectivity index (χ0n) is 24.3. The van der Waals surface area contributed by atoms with Crippen LogP contribution in [0.5, 0.6) is 5.75 Å². The summed E-state index contributed by atoms with van der Waals surface area (Å²) in [5, 5.41) is 0. The average molecular weight is 528 g/mol. The maximum Gasteiger partial charge on any atom is 0.253 e. The number of nitrogens with zero attached hydrogens (tertiary/aromatic N) is 3. The lowest BCUT2D eigenvalue weighted by atomic mass is 9.92. The van der Waals surface area contributed by atoms with E-state index in [2.05, 4.69) is 84.3 Å². The van der Waals surface area contributed by atoms with Crippen LogP contribution in [0.2, 0.25) is 0 Å². The van der Waals surface area contributed by atoms with E-state index >= 15 is 0 Å². The van der Waals surface area contributed by atoms with Crippen molar-refractivity contribution in [3.05, 3.63) is 101 Å². The van der Waals surface area contributed by atoms with Gasteiger partial charge in [-0.2, -0.15) is 0 Å². The molecule has 0 aromatic heterocycles. The summed E-state index contributed by atoms with van der Waals surface area (Å²) in [6.07, 6.45) is 2.29. The molecule has 1 heterocycles. The largest absolute Gasteiger partial charge is 0.497 e. The van der Waals surface area contributed by atoms with Gasteiger partial charge in [-0.3, -0.25) is 14.6 Å². The molecule has 5 nitrogen and oxygen atoms in total. The molecule has 3 aromatic carbocycles. The first-order valence-electron chi connectivity index (χ1n) is 14.5. The molecule has 5 heteroatoms. The van der Waals surface area contributed by atoms with Gasteiger partial charge in [-0.05, 0) is 88.0 Å². The fourth-order valence-electron chi connectivity index (χ4n) is 5.92. The van der Waals surface area contributed by atoms with Crippen LogP contribution < -0.4 is 4.74 Å². The van der Waals surface area contributed by atoms with Crippen LogP contribution in [-0.4, -0.2) is 72.5 Å². The monoisotopic (exact) mass is 527 g/mol. The van der Waals surface area contributed by atoms with Crippen molar-refractivity contribution in [3.63, 3.8) is 0 Å². The first-order valence-corrected chi connectivity index (χ1v) is 14.5. The zero-order valence-corrected chi connectivity index (χ0v) is 24.3. The van der Waals surface area contributed by atoms with Crippen LogP contribution in [0.15, 0.2) is 78.9 Å². The van der Waals surface area contributed by atoms with Gasteiger partial charge in [0.05, 0.1) is 13.2 Å². The lowest BCUT2D eigenvalue weighted by Crippen LogP contribution is -2.57. The maximum absolute atomic E-state index is 12.9. The van der Waals surface area contributed by atoms with Gasteiger partial charge in [-0.25, -0.2) is 0 Å². The molecular weight excluding hydrogens is 482 g/mol. The highest BCUT2D eigenvalue weighted by Gasteiger charge is 2.34. The molecule has 0 unspecified atom stereocenters. The third-order valence-electron chi connectivity index (χ3n) is 8.18. The number of rotatable bonds is 11. The minimum absolute atomic E-state index is 0.0848. The molecule has 1 aliphatic rings. The zero-order chi connectivity index (χ0) is 27.8. The van der Waals surface area contributed by atoms with Crippen molar-refractivity contribution in [2.75, 3.05) is 39.8 Å². The highest BCUT2D eigenvalue weighted by Crippen LogP contribution is 2.35. The molecule has 4 rings (SSSR count). The number of hydrogen-bond donors (Lipinski definition) is 0. The molecule has 0 spiro atoms. The fourth-order valence-corrected chi connectivity index (χ4v) is 5.92. The van der Waals surface area contributed by atoms with Gasteiger partial charge < -0.3 is 9.64 Å². The number of piperazine rings is 1. The van der Waals surface area contributed by atoms with Crippen molar-refractivity contribution in [2.45, 2.75) is 58.7 Å². The molecule has 0 saturated carbocycles. The Morgan fingerprint density at radius 2 is 1.62 bits per heavy atom. The Labute approximate surface area is 235 Å². The van der Waals surface area contributed by atoms with Crippen LogP contribution in [0.3, 0.4) is 0 Å². The molecule has 3 aromatic rings. The lowest BCUT2D eigenvalue weighted by Gasteiger charge is -2.48. The van der Waals surface area contributed by atoms with Gasteiger partial charge in [0.1, 0.15) is 5.75 Å². The van der Waals surface area contributed by atoms with E-state index in [0.717, 1.165) is 37.4 Å². The van der Waals surface area contributed by atoms with E-state index in [1.54, 1.807) is 7.11 Å². The minimum atomic E-state index is 0.0848. The molecule has 1 fully saturated rings. The van der Waals surface area contributed by atoms with Crippen LogP contribution in [0.4, 0.5) is 0 Å². The Bertz CT molecular complexity index is 1180. The summed E-state index contributed by atoms with van der Waals surface area (Å²) in [5.41, 5.74) is 4.58. The fraction of sp³-hybridized carbons (Fsp3) is 0.441. The molecule has 39 heavy (non-hydrogen) atoms. The second-order valence-corrected chi connectivity index (χ2v) is 10.8. The van der Waals surface area contributed by atoms with Crippen LogP contribution in [0, 0.1) is 0 Å². The number of benzene rings is 3. The van der Waals surface area contributed by atoms with Gasteiger partial charge in [0.2, 0.25) is 0 Å². The van der Waals surface area contributed by atoms with Crippen LogP contribution in [0.25, 0.3) is 0 Å². The van der Waals surface area contributed by atoms with Gasteiger partial charge >= 0.3 is 0 Å². The van der Waals surface area contributed by atoms with Crippen molar-refractivity contribution in [1.29, 1.82) is 0 Å². The predicted octanol–water partition coefficient (Wildman–Crippen LogP) is 6.29. The Balaban J connectivity index is 1.54. The number of hydrogen-bond acceptors (Lipinski definition) is 4. The lowest BCUT2D eigenvalue weighted by molar-refractivity contribution is 0.0235. The summed E-state index contributed by atoms with van der Waals surface area (Å²) < 4.78 is 5.60. The Hall–Kier alpha value is -3.15. The van der Waals surface area contributed by atoms with Gasteiger partial charge in [0.25, 0.3) is 5.91 Å². The van der Waals surface area contributed by atoms with E-state index in [9.17, 15) is 4.79 Å². The van der Waals surface area contributed by atoms with Crippen molar-refractivity contribution in [2.24, 2.45) is 0 Å². The molecule has 1 amide bonds. The SMILES string of the molecule is CCN(CC)C(=O)c1ccc([C@H](c2cccc(OC)c2)N2C[C@@H](C)N(CCCc3ccccc3)C[C@@H]2C)cc1. The first-order chi connectivity index (χ1) is 18.9. The number of aryl methyl sites for hydroxylation is 1. The minimum Gasteiger partial charge on any atom is -0.497 e. The predicted molar refractivity (Wildman–Crippen MR) is 160 cm³/mol. The Kier molecular flexibility index (Phi) is 10.2. The van der Waals surface area contributed by atoms with E-state index in [1.165, 1.54) is 23.1 Å². The molecule has 0 bridgehead atoms. The Morgan fingerprint density at radius 1 is 0.897 bits per heavy atom. The molecule has 0 N–H and O–H groups in total. The van der Waals surface area contributed by atoms with Gasteiger partial charge in [-0.15, -0.1) is 0 Å². The smallest absolute Gasteiger partial charge is 0.253 e. The average Bonchev–Trinajstić information content (AvgIpc) is 2.97. The molecule has 0 aliphatic carbocycles. The summed E-state index contributed by atoms with van der Waals surface area (Å²) >= 11 is 0. The quantitative estimate of drug-likeness (QED) is 0.293. The van der Waals surface area contributed by atoms with Crippen LogP contribution >= 0.6 is 0 Å². The third kappa shape index (κ3) is 7.09. The topological polar surface area (TPSA) is 36.0 Å². The normalized spacial score (nSPS) is 19.0. The molecule has 3 atom stereocenters. The van der Waals surface area contributed by atoms with Gasteiger partial charge in [0.15, 0.2) is 0 Å². The van der Waals surface area contributed by atoms with Crippen LogP contribution in [-0.2, 0) is 6.42 Å². The number of ether oxygens (including phenoxy) is 1. The van der Waals surface area contributed by atoms with E-state index in [-0.39, 0.29) is 11.9 Å². The highest BCUT2D eigenvalue weighted by molar-refractivity contribution is 5.94. The number of carbonyl (C=O) groups is 1.